The predicted molar refractivity (Wildman–Crippen MR) is 63.9 cm³/mol. The Morgan fingerprint density at radius 2 is 1.86 bits per heavy atom. The molecule has 2 nitrogen and oxygen atoms in total. The van der Waals surface area contributed by atoms with Gasteiger partial charge in [-0.1, -0.05) is 25.3 Å². The van der Waals surface area contributed by atoms with Crippen LogP contribution in [-0.4, -0.2) is 6.04 Å². The first kappa shape index (κ1) is 13.5. The number of allylic oxidation sites excluding steroid dienone is 2. The first-order valence-electron chi connectivity index (χ1n) is 5.77. The summed E-state index contributed by atoms with van der Waals surface area (Å²) in [5, 5.41) is 0. The Morgan fingerprint density at radius 3 is 2.36 bits per heavy atom. The van der Waals surface area contributed by atoms with E-state index >= 15 is 0 Å². The van der Waals surface area contributed by atoms with Crippen LogP contribution in [0, 0.1) is 0 Å². The van der Waals surface area contributed by atoms with Gasteiger partial charge in [0.05, 0.1) is 0 Å². The van der Waals surface area contributed by atoms with Crippen LogP contribution in [-0.2, 0) is 0 Å². The van der Waals surface area contributed by atoms with Crippen LogP contribution in [0.3, 0.4) is 0 Å². The lowest BCUT2D eigenvalue weighted by Gasteiger charge is -2.07. The highest BCUT2D eigenvalue weighted by molar-refractivity contribution is 5.07. The van der Waals surface area contributed by atoms with E-state index in [1.807, 2.05) is 0 Å². The van der Waals surface area contributed by atoms with Gasteiger partial charge in [0, 0.05) is 11.7 Å². The number of hydrogen-bond donors (Lipinski definition) is 2. The second-order valence-corrected chi connectivity index (χ2v) is 4.24. The minimum atomic E-state index is 0.347. The third-order valence-electron chi connectivity index (χ3n) is 2.68. The molecule has 0 aromatic heterocycles. The first-order chi connectivity index (χ1) is 6.57. The van der Waals surface area contributed by atoms with Gasteiger partial charge in [0.15, 0.2) is 0 Å². The number of hydrogen-bond acceptors (Lipinski definition) is 2. The fourth-order valence-corrected chi connectivity index (χ4v) is 1.40. The molecular weight excluding hydrogens is 172 g/mol. The van der Waals surface area contributed by atoms with E-state index in [-0.39, 0.29) is 0 Å². The van der Waals surface area contributed by atoms with E-state index in [4.69, 9.17) is 11.5 Å². The molecule has 0 radical (unpaired) electrons. The second kappa shape index (κ2) is 7.86. The lowest BCUT2D eigenvalue weighted by atomic mass is 10.1. The van der Waals surface area contributed by atoms with Crippen molar-refractivity contribution < 1.29 is 0 Å². The molecule has 0 aromatic rings. The molecule has 2 heteroatoms. The van der Waals surface area contributed by atoms with E-state index in [0.717, 1.165) is 25.0 Å². The SMILES string of the molecule is CC/C(C)=C(/N)CCCCCC(C)N. The minimum absolute atomic E-state index is 0.347. The monoisotopic (exact) mass is 198 g/mol. The first-order valence-corrected chi connectivity index (χ1v) is 5.77. The minimum Gasteiger partial charge on any atom is -0.402 e. The fourth-order valence-electron chi connectivity index (χ4n) is 1.40. The van der Waals surface area contributed by atoms with Crippen LogP contribution in [0.2, 0.25) is 0 Å². The smallest absolute Gasteiger partial charge is 0.00694 e. The van der Waals surface area contributed by atoms with Gasteiger partial charge in [-0.3, -0.25) is 0 Å². The highest BCUT2D eigenvalue weighted by Crippen LogP contribution is 2.12. The van der Waals surface area contributed by atoms with Gasteiger partial charge in [-0.05, 0) is 39.5 Å². The summed E-state index contributed by atoms with van der Waals surface area (Å²) < 4.78 is 0. The van der Waals surface area contributed by atoms with Crippen molar-refractivity contribution in [3.8, 4) is 0 Å². The van der Waals surface area contributed by atoms with Gasteiger partial charge in [0.25, 0.3) is 0 Å². The molecule has 0 aliphatic heterocycles. The Morgan fingerprint density at radius 1 is 1.21 bits per heavy atom. The Balaban J connectivity index is 3.45. The lowest BCUT2D eigenvalue weighted by molar-refractivity contribution is 0.577. The van der Waals surface area contributed by atoms with Crippen LogP contribution in [0.4, 0.5) is 0 Å². The van der Waals surface area contributed by atoms with Gasteiger partial charge < -0.3 is 11.5 Å². The van der Waals surface area contributed by atoms with Crippen LogP contribution in [0.25, 0.3) is 0 Å². The number of unbranched alkanes of at least 4 members (excludes halogenated alkanes) is 2. The van der Waals surface area contributed by atoms with E-state index in [2.05, 4.69) is 20.8 Å². The van der Waals surface area contributed by atoms with Crippen LogP contribution in [0.15, 0.2) is 11.3 Å². The summed E-state index contributed by atoms with van der Waals surface area (Å²) in [6.07, 6.45) is 6.95. The maximum absolute atomic E-state index is 5.92. The van der Waals surface area contributed by atoms with Gasteiger partial charge in [0.2, 0.25) is 0 Å². The highest BCUT2D eigenvalue weighted by Gasteiger charge is 1.97. The third kappa shape index (κ3) is 6.96. The summed E-state index contributed by atoms with van der Waals surface area (Å²) in [6, 6.07) is 0.347. The average molecular weight is 198 g/mol. The molecule has 0 spiro atoms. The van der Waals surface area contributed by atoms with Gasteiger partial charge in [-0.2, -0.15) is 0 Å². The van der Waals surface area contributed by atoms with Gasteiger partial charge in [0.1, 0.15) is 0 Å². The predicted octanol–water partition coefficient (Wildman–Crippen LogP) is 2.93. The molecule has 0 saturated heterocycles. The van der Waals surface area contributed by atoms with Crippen molar-refractivity contribution >= 4 is 0 Å². The molecule has 14 heavy (non-hydrogen) atoms. The van der Waals surface area contributed by atoms with Gasteiger partial charge in [-0.15, -0.1) is 0 Å². The molecule has 0 amide bonds. The number of rotatable bonds is 7. The van der Waals surface area contributed by atoms with Gasteiger partial charge in [-0.25, -0.2) is 0 Å². The van der Waals surface area contributed by atoms with Crippen molar-refractivity contribution in [2.24, 2.45) is 11.5 Å². The average Bonchev–Trinajstić information content (AvgIpc) is 2.15. The van der Waals surface area contributed by atoms with Crippen LogP contribution >= 0.6 is 0 Å². The largest absolute Gasteiger partial charge is 0.402 e. The molecule has 84 valence electrons. The van der Waals surface area contributed by atoms with Crippen molar-refractivity contribution in [3.63, 3.8) is 0 Å². The second-order valence-electron chi connectivity index (χ2n) is 4.24. The Kier molecular flexibility index (Phi) is 7.58. The van der Waals surface area contributed by atoms with Crippen LogP contribution < -0.4 is 11.5 Å². The van der Waals surface area contributed by atoms with E-state index < -0.39 is 0 Å². The Bertz CT molecular complexity index is 171. The van der Waals surface area contributed by atoms with E-state index in [1.165, 1.54) is 24.8 Å². The molecule has 0 saturated carbocycles. The fraction of sp³-hybridized carbons (Fsp3) is 0.833. The Labute approximate surface area is 88.7 Å². The zero-order chi connectivity index (χ0) is 11.0. The zero-order valence-electron chi connectivity index (χ0n) is 9.97. The lowest BCUT2D eigenvalue weighted by Crippen LogP contribution is -2.13. The third-order valence-corrected chi connectivity index (χ3v) is 2.68. The van der Waals surface area contributed by atoms with Gasteiger partial charge >= 0.3 is 0 Å². The van der Waals surface area contributed by atoms with Crippen molar-refractivity contribution in [3.05, 3.63) is 11.3 Å². The maximum atomic E-state index is 5.92. The molecule has 0 bridgehead atoms. The molecule has 1 atom stereocenters. The summed E-state index contributed by atoms with van der Waals surface area (Å²) >= 11 is 0. The molecule has 0 fully saturated rings. The van der Waals surface area contributed by atoms with Crippen molar-refractivity contribution in [1.82, 2.24) is 0 Å². The zero-order valence-corrected chi connectivity index (χ0v) is 9.97. The maximum Gasteiger partial charge on any atom is 0.00694 e. The normalized spacial score (nSPS) is 15.1. The summed E-state index contributed by atoms with van der Waals surface area (Å²) in [5.74, 6) is 0. The topological polar surface area (TPSA) is 52.0 Å². The molecule has 4 N–H and O–H groups in total. The molecule has 0 aliphatic carbocycles. The summed E-state index contributed by atoms with van der Waals surface area (Å²) in [6.45, 7) is 6.34. The number of nitrogens with two attached hydrogens (primary N) is 2. The van der Waals surface area contributed by atoms with E-state index in [0.29, 0.717) is 6.04 Å². The summed E-state index contributed by atoms with van der Waals surface area (Å²) in [5.41, 5.74) is 14.0. The summed E-state index contributed by atoms with van der Waals surface area (Å²) in [7, 11) is 0. The molecular formula is C12H26N2. The Hall–Kier alpha value is -0.500. The molecule has 0 aromatic carbocycles. The van der Waals surface area contributed by atoms with E-state index in [1.54, 1.807) is 0 Å². The molecule has 0 aliphatic rings. The van der Waals surface area contributed by atoms with Crippen molar-refractivity contribution in [1.29, 1.82) is 0 Å². The van der Waals surface area contributed by atoms with Crippen LogP contribution in [0.1, 0.15) is 59.3 Å². The summed E-state index contributed by atoms with van der Waals surface area (Å²) in [4.78, 5) is 0. The van der Waals surface area contributed by atoms with Crippen LogP contribution in [0.5, 0.6) is 0 Å². The van der Waals surface area contributed by atoms with Crippen molar-refractivity contribution in [2.75, 3.05) is 0 Å². The highest BCUT2D eigenvalue weighted by atomic mass is 14.6. The molecule has 0 rings (SSSR count). The molecule has 0 heterocycles. The van der Waals surface area contributed by atoms with Crippen molar-refractivity contribution in [2.45, 2.75) is 65.3 Å². The molecule has 1 unspecified atom stereocenters. The van der Waals surface area contributed by atoms with E-state index in [9.17, 15) is 0 Å². The quantitative estimate of drug-likeness (QED) is 0.618. The standard InChI is InChI=1S/C12H26N2/c1-4-10(2)12(14)9-7-5-6-8-11(3)13/h11H,4-9,13-14H2,1-3H3/b12-10+.